The van der Waals surface area contributed by atoms with Crippen LogP contribution in [-0.2, 0) is 0 Å². The third kappa shape index (κ3) is 5.66. The second kappa shape index (κ2) is 11.2. The molecule has 7 nitrogen and oxygen atoms in total. The van der Waals surface area contributed by atoms with Crippen LogP contribution in [0.15, 0.2) is 36.7 Å². The number of hydrogen-bond donors (Lipinski definition) is 1. The number of likely N-dealkylation sites (tertiary alicyclic amines) is 2. The molecule has 3 fully saturated rings. The second-order valence-electron chi connectivity index (χ2n) is 11.0. The number of halogens is 3. The summed E-state index contributed by atoms with van der Waals surface area (Å²) in [4.78, 5) is 25.1. The molecule has 1 aromatic carbocycles. The Morgan fingerprint density at radius 1 is 1.00 bits per heavy atom. The van der Waals surface area contributed by atoms with E-state index in [2.05, 4.69) is 9.97 Å². The number of aromatic nitrogens is 2. The lowest BCUT2D eigenvalue weighted by molar-refractivity contribution is -0.256. The van der Waals surface area contributed by atoms with Crippen LogP contribution in [0.3, 0.4) is 0 Å². The van der Waals surface area contributed by atoms with E-state index in [9.17, 15) is 23.1 Å². The SMILES string of the molecule is O=C(c1ccc(-c2cnc(OCC3CCN(CC4(C(F)(F)F)CCC4)CC3)nc2)cc1)N1CCC[C@@H]1CO. The van der Waals surface area contributed by atoms with E-state index in [4.69, 9.17) is 4.74 Å². The molecule has 38 heavy (non-hydrogen) atoms. The van der Waals surface area contributed by atoms with Gasteiger partial charge in [0.2, 0.25) is 0 Å². The summed E-state index contributed by atoms with van der Waals surface area (Å²) in [6.07, 6.45) is 3.73. The summed E-state index contributed by atoms with van der Waals surface area (Å²) in [5.74, 6) is 0.200. The van der Waals surface area contributed by atoms with Gasteiger partial charge in [0.25, 0.3) is 5.91 Å². The molecule has 1 saturated carbocycles. The van der Waals surface area contributed by atoms with Crippen molar-refractivity contribution in [1.82, 2.24) is 19.8 Å². The van der Waals surface area contributed by atoms with Crippen molar-refractivity contribution in [3.63, 3.8) is 0 Å². The van der Waals surface area contributed by atoms with Gasteiger partial charge < -0.3 is 19.6 Å². The standard InChI is InChI=1S/C28H35F3N4O3/c29-28(30,31)27(10-2-11-27)19-34-13-8-20(9-14-34)18-38-26-32-15-23(16-33-26)21-4-6-22(7-5-21)25(37)35-12-1-3-24(35)17-36/h4-7,15-16,20,24,36H,1-3,8-14,17-19H2/t24-/m1/s1. The highest BCUT2D eigenvalue weighted by Crippen LogP contribution is 2.53. The molecule has 206 valence electrons. The van der Waals surface area contributed by atoms with Gasteiger partial charge in [0.05, 0.1) is 24.7 Å². The Hall–Kier alpha value is -2.72. The zero-order valence-electron chi connectivity index (χ0n) is 21.5. The molecule has 1 aliphatic carbocycles. The zero-order chi connectivity index (χ0) is 26.8. The molecular weight excluding hydrogens is 497 g/mol. The van der Waals surface area contributed by atoms with Crippen LogP contribution in [0.2, 0.25) is 0 Å². The number of nitrogens with zero attached hydrogens (tertiary/aromatic N) is 4. The summed E-state index contributed by atoms with van der Waals surface area (Å²) in [5.41, 5.74) is 0.762. The Bertz CT molecular complexity index is 1080. The van der Waals surface area contributed by atoms with Crippen LogP contribution in [0.4, 0.5) is 13.2 Å². The zero-order valence-corrected chi connectivity index (χ0v) is 21.5. The van der Waals surface area contributed by atoms with Crippen molar-refractivity contribution in [2.45, 2.75) is 57.2 Å². The van der Waals surface area contributed by atoms with Gasteiger partial charge in [-0.2, -0.15) is 13.2 Å². The smallest absolute Gasteiger partial charge is 0.395 e. The van der Waals surface area contributed by atoms with E-state index >= 15 is 0 Å². The molecule has 2 aromatic rings. The molecule has 1 N–H and O–H groups in total. The number of carbonyl (C=O) groups excluding carboxylic acids is 1. The van der Waals surface area contributed by atoms with Gasteiger partial charge in [0, 0.05) is 36.6 Å². The van der Waals surface area contributed by atoms with Crippen LogP contribution in [0.1, 0.15) is 55.3 Å². The van der Waals surface area contributed by atoms with Crippen molar-refractivity contribution in [2.24, 2.45) is 11.3 Å². The molecule has 0 bridgehead atoms. The fraction of sp³-hybridized carbons (Fsp3) is 0.607. The molecule has 5 rings (SSSR count). The summed E-state index contributed by atoms with van der Waals surface area (Å²) >= 11 is 0. The molecule has 1 atom stereocenters. The molecule has 10 heteroatoms. The number of aliphatic hydroxyl groups is 1. The van der Waals surface area contributed by atoms with Gasteiger partial charge in [0.15, 0.2) is 0 Å². The average Bonchev–Trinajstić information content (AvgIpc) is 3.38. The number of hydrogen-bond acceptors (Lipinski definition) is 6. The highest BCUT2D eigenvalue weighted by molar-refractivity contribution is 5.95. The summed E-state index contributed by atoms with van der Waals surface area (Å²) in [6, 6.07) is 7.45. The average molecular weight is 533 g/mol. The van der Waals surface area contributed by atoms with E-state index in [1.165, 1.54) is 0 Å². The maximum Gasteiger partial charge on any atom is 0.395 e. The third-order valence-corrected chi connectivity index (χ3v) is 8.54. The van der Waals surface area contributed by atoms with Crippen molar-refractivity contribution >= 4 is 5.91 Å². The monoisotopic (exact) mass is 532 g/mol. The number of piperidine rings is 1. The molecule has 2 aliphatic heterocycles. The first-order valence-corrected chi connectivity index (χ1v) is 13.5. The minimum atomic E-state index is -4.12. The van der Waals surface area contributed by atoms with E-state index in [0.717, 1.165) is 36.8 Å². The van der Waals surface area contributed by atoms with Gasteiger partial charge in [-0.3, -0.25) is 4.79 Å². The molecule has 1 aromatic heterocycles. The molecule has 3 aliphatic rings. The highest BCUT2D eigenvalue weighted by atomic mass is 19.4. The van der Waals surface area contributed by atoms with E-state index in [0.29, 0.717) is 38.2 Å². The number of amides is 1. The van der Waals surface area contributed by atoms with Crippen molar-refractivity contribution in [2.75, 3.05) is 39.4 Å². The van der Waals surface area contributed by atoms with Crippen LogP contribution in [-0.4, -0.2) is 82.4 Å². The lowest BCUT2D eigenvalue weighted by atomic mass is 9.67. The van der Waals surface area contributed by atoms with Gasteiger partial charge in [-0.15, -0.1) is 0 Å². The lowest BCUT2D eigenvalue weighted by Gasteiger charge is -2.47. The number of aliphatic hydroxyl groups excluding tert-OH is 1. The Morgan fingerprint density at radius 3 is 2.26 bits per heavy atom. The quantitative estimate of drug-likeness (QED) is 0.537. The van der Waals surface area contributed by atoms with Crippen LogP contribution < -0.4 is 4.74 Å². The Morgan fingerprint density at radius 2 is 1.68 bits per heavy atom. The van der Waals surface area contributed by atoms with Crippen LogP contribution >= 0.6 is 0 Å². The van der Waals surface area contributed by atoms with Crippen LogP contribution in [0.5, 0.6) is 6.01 Å². The number of ether oxygens (including phenoxy) is 1. The Kier molecular flexibility index (Phi) is 7.90. The van der Waals surface area contributed by atoms with E-state index in [1.807, 2.05) is 17.0 Å². The van der Waals surface area contributed by atoms with Gasteiger partial charge in [-0.1, -0.05) is 18.6 Å². The Balaban J connectivity index is 1.09. The van der Waals surface area contributed by atoms with Crippen molar-refractivity contribution in [1.29, 1.82) is 0 Å². The Labute approximate surface area is 221 Å². The number of benzene rings is 1. The van der Waals surface area contributed by atoms with Crippen molar-refractivity contribution in [3.05, 3.63) is 42.2 Å². The molecule has 1 amide bonds. The third-order valence-electron chi connectivity index (χ3n) is 8.54. The number of alkyl halides is 3. The normalized spacial score (nSPS) is 22.3. The first-order valence-electron chi connectivity index (χ1n) is 13.5. The predicted octanol–water partition coefficient (Wildman–Crippen LogP) is 4.56. The first-order chi connectivity index (χ1) is 18.3. The molecule has 0 unspecified atom stereocenters. The fourth-order valence-corrected chi connectivity index (χ4v) is 5.87. The summed E-state index contributed by atoms with van der Waals surface area (Å²) in [5, 5.41) is 9.49. The minimum absolute atomic E-state index is 0.0165. The maximum absolute atomic E-state index is 13.5. The van der Waals surface area contributed by atoms with Gasteiger partial charge in [-0.05, 0) is 75.2 Å². The number of carbonyl (C=O) groups is 1. The summed E-state index contributed by atoms with van der Waals surface area (Å²) in [7, 11) is 0. The molecule has 0 spiro atoms. The van der Waals surface area contributed by atoms with Gasteiger partial charge in [0.1, 0.15) is 0 Å². The van der Waals surface area contributed by atoms with Crippen LogP contribution in [0, 0.1) is 11.3 Å². The lowest BCUT2D eigenvalue weighted by Crippen LogP contribution is -2.53. The van der Waals surface area contributed by atoms with Gasteiger partial charge >= 0.3 is 12.2 Å². The van der Waals surface area contributed by atoms with Crippen molar-refractivity contribution < 1.29 is 27.8 Å². The van der Waals surface area contributed by atoms with Crippen LogP contribution in [0.25, 0.3) is 11.1 Å². The molecule has 0 radical (unpaired) electrons. The topological polar surface area (TPSA) is 78.8 Å². The molecular formula is C28H35F3N4O3. The molecule has 2 saturated heterocycles. The summed E-state index contributed by atoms with van der Waals surface area (Å²) < 4.78 is 46.2. The van der Waals surface area contributed by atoms with E-state index < -0.39 is 11.6 Å². The first kappa shape index (κ1) is 26.9. The maximum atomic E-state index is 13.5. The van der Waals surface area contributed by atoms with E-state index in [-0.39, 0.29) is 49.9 Å². The second-order valence-corrected chi connectivity index (χ2v) is 11.0. The van der Waals surface area contributed by atoms with Crippen molar-refractivity contribution in [3.8, 4) is 17.1 Å². The minimum Gasteiger partial charge on any atom is -0.463 e. The fourth-order valence-electron chi connectivity index (χ4n) is 5.87. The predicted molar refractivity (Wildman–Crippen MR) is 136 cm³/mol. The molecule has 3 heterocycles. The van der Waals surface area contributed by atoms with E-state index in [1.54, 1.807) is 29.4 Å². The highest BCUT2D eigenvalue weighted by Gasteiger charge is 2.58. The largest absolute Gasteiger partial charge is 0.463 e. The number of rotatable bonds is 8. The van der Waals surface area contributed by atoms with Gasteiger partial charge in [-0.25, -0.2) is 9.97 Å². The summed E-state index contributed by atoms with van der Waals surface area (Å²) in [6.45, 7) is 2.52.